The van der Waals surface area contributed by atoms with E-state index in [1.807, 2.05) is 0 Å². The van der Waals surface area contributed by atoms with Crippen LogP contribution in [0.25, 0.3) is 5.95 Å². The Morgan fingerprint density at radius 2 is 2.10 bits per heavy atom. The molecule has 0 aliphatic heterocycles. The minimum Gasteiger partial charge on any atom is -0.421 e. The quantitative estimate of drug-likeness (QED) is 0.765. The van der Waals surface area contributed by atoms with E-state index < -0.39 is 5.82 Å². The number of aromatic nitrogens is 6. The van der Waals surface area contributed by atoms with Crippen LogP contribution in [-0.4, -0.2) is 29.7 Å². The van der Waals surface area contributed by atoms with E-state index in [0.29, 0.717) is 4.47 Å². The molecule has 2 heterocycles. The van der Waals surface area contributed by atoms with Crippen molar-refractivity contribution in [3.05, 3.63) is 41.1 Å². The average Bonchev–Trinajstić information content (AvgIpc) is 2.96. The van der Waals surface area contributed by atoms with Gasteiger partial charge in [0, 0.05) is 4.47 Å². The van der Waals surface area contributed by atoms with Gasteiger partial charge in [0.2, 0.25) is 5.95 Å². The minimum absolute atomic E-state index is 0.0421. The molecule has 2 aromatic heterocycles. The van der Waals surface area contributed by atoms with Crippen molar-refractivity contribution in [2.75, 3.05) is 5.73 Å². The third-order valence-corrected chi connectivity index (χ3v) is 2.83. The van der Waals surface area contributed by atoms with Crippen molar-refractivity contribution in [3.63, 3.8) is 0 Å². The van der Waals surface area contributed by atoms with Gasteiger partial charge in [0.05, 0.1) is 0 Å². The second-order valence-corrected chi connectivity index (χ2v) is 4.71. The van der Waals surface area contributed by atoms with Gasteiger partial charge in [-0.05, 0) is 18.2 Å². The highest BCUT2D eigenvalue weighted by atomic mass is 79.9. The van der Waals surface area contributed by atoms with Gasteiger partial charge in [0.1, 0.15) is 12.7 Å². The lowest BCUT2D eigenvalue weighted by Crippen LogP contribution is -2.08. The summed E-state index contributed by atoms with van der Waals surface area (Å²) >= 11 is 3.22. The molecule has 2 N–H and O–H groups in total. The zero-order valence-electron chi connectivity index (χ0n) is 10.3. The maximum atomic E-state index is 13.7. The van der Waals surface area contributed by atoms with Crippen molar-refractivity contribution in [1.82, 2.24) is 29.7 Å². The highest BCUT2D eigenvalue weighted by Gasteiger charge is 2.11. The van der Waals surface area contributed by atoms with Gasteiger partial charge in [0.25, 0.3) is 5.95 Å². The number of benzene rings is 1. The third kappa shape index (κ3) is 2.94. The van der Waals surface area contributed by atoms with Crippen LogP contribution in [-0.2, 0) is 0 Å². The molecule has 0 aliphatic carbocycles. The number of hydrogen-bond donors (Lipinski definition) is 1. The molecule has 0 amide bonds. The van der Waals surface area contributed by atoms with Crippen molar-refractivity contribution in [1.29, 1.82) is 0 Å². The van der Waals surface area contributed by atoms with Crippen molar-refractivity contribution < 1.29 is 9.13 Å². The maximum Gasteiger partial charge on any atom is 0.328 e. The minimum atomic E-state index is -0.556. The van der Waals surface area contributed by atoms with E-state index >= 15 is 0 Å². The van der Waals surface area contributed by atoms with Crippen LogP contribution >= 0.6 is 15.9 Å². The van der Waals surface area contributed by atoms with Gasteiger partial charge in [0.15, 0.2) is 11.6 Å². The summed E-state index contributed by atoms with van der Waals surface area (Å²) in [6.07, 6.45) is 2.70. The molecule has 106 valence electrons. The summed E-state index contributed by atoms with van der Waals surface area (Å²) in [6, 6.07) is 4.10. The first-order valence-electron chi connectivity index (χ1n) is 5.61. The largest absolute Gasteiger partial charge is 0.421 e. The molecule has 0 radical (unpaired) electrons. The van der Waals surface area contributed by atoms with Gasteiger partial charge in [-0.2, -0.15) is 24.7 Å². The number of rotatable bonds is 3. The van der Waals surface area contributed by atoms with E-state index in [2.05, 4.69) is 41.0 Å². The van der Waals surface area contributed by atoms with Gasteiger partial charge in [-0.25, -0.2) is 9.37 Å². The summed E-state index contributed by atoms with van der Waals surface area (Å²) in [5.74, 6) is -0.565. The molecule has 0 spiro atoms. The highest BCUT2D eigenvalue weighted by molar-refractivity contribution is 9.10. The second kappa shape index (κ2) is 5.40. The fourth-order valence-electron chi connectivity index (χ4n) is 1.47. The van der Waals surface area contributed by atoms with E-state index in [4.69, 9.17) is 10.5 Å². The first-order chi connectivity index (χ1) is 10.1. The van der Waals surface area contributed by atoms with Crippen molar-refractivity contribution in [2.24, 2.45) is 0 Å². The zero-order chi connectivity index (χ0) is 14.8. The number of ether oxygens (including phenoxy) is 1. The number of hydrogen-bond acceptors (Lipinski definition) is 7. The Morgan fingerprint density at radius 1 is 1.24 bits per heavy atom. The Hall–Kier alpha value is -2.62. The fourth-order valence-corrected chi connectivity index (χ4v) is 1.81. The van der Waals surface area contributed by atoms with Crippen LogP contribution in [0.5, 0.6) is 11.8 Å². The predicted octanol–water partition coefficient (Wildman–Crippen LogP) is 1.73. The lowest BCUT2D eigenvalue weighted by Gasteiger charge is -2.07. The zero-order valence-corrected chi connectivity index (χ0v) is 11.9. The van der Waals surface area contributed by atoms with Crippen molar-refractivity contribution in [2.45, 2.75) is 0 Å². The summed E-state index contributed by atoms with van der Waals surface area (Å²) in [7, 11) is 0. The van der Waals surface area contributed by atoms with E-state index in [9.17, 15) is 4.39 Å². The molecule has 8 nitrogen and oxygen atoms in total. The first-order valence-corrected chi connectivity index (χ1v) is 6.40. The smallest absolute Gasteiger partial charge is 0.328 e. The normalized spacial score (nSPS) is 10.6. The average molecular weight is 352 g/mol. The van der Waals surface area contributed by atoms with Crippen LogP contribution < -0.4 is 10.5 Å². The lowest BCUT2D eigenvalue weighted by atomic mass is 10.3. The van der Waals surface area contributed by atoms with E-state index in [-0.39, 0.29) is 23.7 Å². The molecule has 0 saturated heterocycles. The molecule has 0 fully saturated rings. The number of nitrogens with two attached hydrogens (primary N) is 1. The molecule has 3 rings (SSSR count). The molecule has 0 atom stereocenters. The molecule has 0 saturated carbocycles. The van der Waals surface area contributed by atoms with E-state index in [1.165, 1.54) is 29.5 Å². The topological polar surface area (TPSA) is 105 Å². The Morgan fingerprint density at radius 3 is 2.86 bits per heavy atom. The number of halogens is 2. The summed E-state index contributed by atoms with van der Waals surface area (Å²) in [4.78, 5) is 15.5. The molecule has 1 aromatic carbocycles. The molecule has 0 aliphatic rings. The van der Waals surface area contributed by atoms with Gasteiger partial charge >= 0.3 is 6.01 Å². The summed E-state index contributed by atoms with van der Waals surface area (Å²) in [5.41, 5.74) is 5.58. The Bertz CT molecular complexity index is 780. The Labute approximate surface area is 126 Å². The monoisotopic (exact) mass is 351 g/mol. The van der Waals surface area contributed by atoms with Crippen LogP contribution in [0.1, 0.15) is 0 Å². The standard InChI is InChI=1S/C11H7BrFN7O/c12-6-1-2-7(13)8(3-6)21-11-18-9(14)17-10(19-11)20-5-15-4-16-20/h1-5H,(H2,14,17,18,19). The maximum absolute atomic E-state index is 13.7. The van der Waals surface area contributed by atoms with Gasteiger partial charge in [-0.15, -0.1) is 0 Å². The number of nitrogens with zero attached hydrogens (tertiary/aromatic N) is 6. The SMILES string of the molecule is Nc1nc(Oc2cc(Br)ccc2F)nc(-n2cncn2)n1. The predicted molar refractivity (Wildman–Crippen MR) is 73.3 cm³/mol. The molecule has 10 heteroatoms. The van der Waals surface area contributed by atoms with E-state index in [0.717, 1.165) is 0 Å². The van der Waals surface area contributed by atoms with Crippen molar-refractivity contribution in [3.8, 4) is 17.7 Å². The van der Waals surface area contributed by atoms with Gasteiger partial charge in [-0.1, -0.05) is 15.9 Å². The molecular formula is C11H7BrFN7O. The van der Waals surface area contributed by atoms with Crippen LogP contribution in [0.3, 0.4) is 0 Å². The highest BCUT2D eigenvalue weighted by Crippen LogP contribution is 2.26. The number of nitrogen functional groups attached to an aromatic ring is 1. The van der Waals surface area contributed by atoms with Crippen LogP contribution in [0.4, 0.5) is 10.3 Å². The molecule has 3 aromatic rings. The molecule has 0 unspecified atom stereocenters. The molecule has 0 bridgehead atoms. The van der Waals surface area contributed by atoms with Crippen LogP contribution in [0.2, 0.25) is 0 Å². The molecule has 21 heavy (non-hydrogen) atoms. The van der Waals surface area contributed by atoms with Crippen LogP contribution in [0, 0.1) is 5.82 Å². The summed E-state index contributed by atoms with van der Waals surface area (Å²) in [6.45, 7) is 0. The number of anilines is 1. The molecular weight excluding hydrogens is 345 g/mol. The van der Waals surface area contributed by atoms with Gasteiger partial charge < -0.3 is 10.5 Å². The van der Waals surface area contributed by atoms with E-state index in [1.54, 1.807) is 6.07 Å². The van der Waals surface area contributed by atoms with Gasteiger partial charge in [-0.3, -0.25) is 0 Å². The lowest BCUT2D eigenvalue weighted by molar-refractivity contribution is 0.408. The Kier molecular flexibility index (Phi) is 3.44. The summed E-state index contributed by atoms with van der Waals surface area (Å²) in [5, 5.41) is 3.87. The van der Waals surface area contributed by atoms with Crippen molar-refractivity contribution >= 4 is 21.9 Å². The first kappa shape index (κ1) is 13.4. The Balaban J connectivity index is 1.97. The van der Waals surface area contributed by atoms with Crippen LogP contribution in [0.15, 0.2) is 35.3 Å². The fraction of sp³-hybridized carbons (Fsp3) is 0. The summed E-state index contributed by atoms with van der Waals surface area (Å²) < 4.78 is 20.9. The third-order valence-electron chi connectivity index (χ3n) is 2.34. The second-order valence-electron chi connectivity index (χ2n) is 3.79.